The van der Waals surface area contributed by atoms with Crippen molar-refractivity contribution in [1.29, 1.82) is 0 Å². The quantitative estimate of drug-likeness (QED) is 0.875. The van der Waals surface area contributed by atoms with Gasteiger partial charge < -0.3 is 15.2 Å². The summed E-state index contributed by atoms with van der Waals surface area (Å²) in [6.07, 6.45) is 3.32. The number of carboxylic acids is 1. The molecular weight excluding hydrogens is 266 g/mol. The van der Waals surface area contributed by atoms with E-state index in [9.17, 15) is 9.90 Å². The average Bonchev–Trinajstić information content (AvgIpc) is 3.08. The molecule has 0 aliphatic heterocycles. The Labute approximate surface area is 125 Å². The van der Waals surface area contributed by atoms with E-state index in [1.165, 1.54) is 12.0 Å². The second-order valence-electron chi connectivity index (χ2n) is 6.38. The predicted molar refractivity (Wildman–Crippen MR) is 80.3 cm³/mol. The first kappa shape index (κ1) is 14.4. The lowest BCUT2D eigenvalue weighted by atomic mass is 9.84. The average molecular weight is 289 g/mol. The van der Waals surface area contributed by atoms with Crippen LogP contribution in [0.25, 0.3) is 0 Å². The summed E-state index contributed by atoms with van der Waals surface area (Å²) in [7, 11) is 1.66. The number of rotatable bonds is 5. The summed E-state index contributed by atoms with van der Waals surface area (Å²) in [5.74, 6) is 0.880. The number of methoxy groups -OCH3 is 1. The molecule has 2 fully saturated rings. The van der Waals surface area contributed by atoms with Gasteiger partial charge in [0.15, 0.2) is 0 Å². The first-order valence-corrected chi connectivity index (χ1v) is 7.73. The minimum atomic E-state index is -0.637. The zero-order valence-electron chi connectivity index (χ0n) is 12.6. The molecular formula is C17H23NO3. The molecule has 0 spiro atoms. The molecule has 5 atom stereocenters. The van der Waals surface area contributed by atoms with Gasteiger partial charge in [0.25, 0.3) is 0 Å². The second kappa shape index (κ2) is 5.68. The summed E-state index contributed by atoms with van der Waals surface area (Å²) in [6.45, 7) is 2.10. The number of hydrogen-bond acceptors (Lipinski definition) is 3. The van der Waals surface area contributed by atoms with Gasteiger partial charge in [0.2, 0.25) is 0 Å². The summed E-state index contributed by atoms with van der Waals surface area (Å²) in [5.41, 5.74) is 1.17. The van der Waals surface area contributed by atoms with Crippen molar-refractivity contribution in [3.63, 3.8) is 0 Å². The van der Waals surface area contributed by atoms with Gasteiger partial charge in [-0.25, -0.2) is 0 Å². The Morgan fingerprint density at radius 1 is 1.29 bits per heavy atom. The van der Waals surface area contributed by atoms with Crippen molar-refractivity contribution in [2.24, 2.45) is 17.8 Å². The van der Waals surface area contributed by atoms with Crippen LogP contribution in [0.4, 0.5) is 0 Å². The number of carbonyl (C=O) groups is 1. The molecule has 4 heteroatoms. The van der Waals surface area contributed by atoms with E-state index in [0.717, 1.165) is 18.6 Å². The Kier molecular flexibility index (Phi) is 3.89. The highest BCUT2D eigenvalue weighted by molar-refractivity contribution is 5.72. The van der Waals surface area contributed by atoms with Gasteiger partial charge in [-0.15, -0.1) is 0 Å². The van der Waals surface area contributed by atoms with Gasteiger partial charge in [0, 0.05) is 12.1 Å². The van der Waals surface area contributed by atoms with E-state index in [-0.39, 0.29) is 18.0 Å². The number of aliphatic carboxylic acids is 1. The number of ether oxygens (including phenoxy) is 1. The highest BCUT2D eigenvalue weighted by Crippen LogP contribution is 2.49. The summed E-state index contributed by atoms with van der Waals surface area (Å²) in [6, 6.07) is 8.24. The lowest BCUT2D eigenvalue weighted by Crippen LogP contribution is -2.45. The maximum Gasteiger partial charge on any atom is 0.308 e. The van der Waals surface area contributed by atoms with E-state index >= 15 is 0 Å². The van der Waals surface area contributed by atoms with Crippen molar-refractivity contribution < 1.29 is 14.6 Å². The summed E-state index contributed by atoms with van der Waals surface area (Å²) in [5, 5.41) is 13.1. The summed E-state index contributed by atoms with van der Waals surface area (Å²) in [4.78, 5) is 11.5. The zero-order valence-corrected chi connectivity index (χ0v) is 12.6. The van der Waals surface area contributed by atoms with Crippen molar-refractivity contribution in [3.05, 3.63) is 29.8 Å². The van der Waals surface area contributed by atoms with Crippen LogP contribution in [0.2, 0.25) is 0 Å². The van der Waals surface area contributed by atoms with Gasteiger partial charge in [0.1, 0.15) is 5.75 Å². The highest BCUT2D eigenvalue weighted by atomic mass is 16.5. The topological polar surface area (TPSA) is 58.6 Å². The van der Waals surface area contributed by atoms with E-state index in [4.69, 9.17) is 4.74 Å². The lowest BCUT2D eigenvalue weighted by Gasteiger charge is -2.31. The van der Waals surface area contributed by atoms with Gasteiger partial charge in [-0.05, 0) is 55.7 Å². The van der Waals surface area contributed by atoms with Crippen molar-refractivity contribution >= 4 is 5.97 Å². The molecule has 0 radical (unpaired) electrons. The fourth-order valence-corrected chi connectivity index (χ4v) is 4.16. The predicted octanol–water partition coefficient (Wildman–Crippen LogP) is 2.85. The first-order chi connectivity index (χ1) is 10.1. The van der Waals surface area contributed by atoms with Crippen LogP contribution in [0.3, 0.4) is 0 Å². The maximum atomic E-state index is 11.5. The van der Waals surface area contributed by atoms with E-state index in [0.29, 0.717) is 11.8 Å². The Morgan fingerprint density at radius 3 is 2.57 bits per heavy atom. The molecule has 2 aliphatic rings. The van der Waals surface area contributed by atoms with Crippen LogP contribution in [-0.2, 0) is 4.79 Å². The van der Waals surface area contributed by atoms with Crippen LogP contribution in [0.1, 0.15) is 37.8 Å². The van der Waals surface area contributed by atoms with Crippen molar-refractivity contribution in [3.8, 4) is 5.75 Å². The molecule has 1 aromatic carbocycles. The number of benzene rings is 1. The molecule has 114 valence electrons. The number of carboxylic acid groups (broad SMARTS) is 1. The van der Waals surface area contributed by atoms with Crippen molar-refractivity contribution in [1.82, 2.24) is 5.32 Å². The van der Waals surface area contributed by atoms with E-state index in [1.54, 1.807) is 7.11 Å². The number of nitrogens with one attached hydrogen (secondary N) is 1. The molecule has 2 saturated carbocycles. The Balaban J connectivity index is 1.71. The molecule has 0 saturated heterocycles. The van der Waals surface area contributed by atoms with Gasteiger partial charge in [-0.2, -0.15) is 0 Å². The van der Waals surface area contributed by atoms with Crippen molar-refractivity contribution in [2.75, 3.05) is 7.11 Å². The highest BCUT2D eigenvalue weighted by Gasteiger charge is 2.51. The molecule has 21 heavy (non-hydrogen) atoms. The fourth-order valence-electron chi connectivity index (χ4n) is 4.16. The van der Waals surface area contributed by atoms with Gasteiger partial charge in [0.05, 0.1) is 13.0 Å². The molecule has 2 N–H and O–H groups in total. The molecule has 4 nitrogen and oxygen atoms in total. The Bertz CT molecular complexity index is 513. The largest absolute Gasteiger partial charge is 0.497 e. The number of fused-ring (bicyclic) bond motifs is 2. The fraction of sp³-hybridized carbons (Fsp3) is 0.588. The monoisotopic (exact) mass is 289 g/mol. The summed E-state index contributed by atoms with van der Waals surface area (Å²) < 4.78 is 5.17. The van der Waals surface area contributed by atoms with Gasteiger partial charge in [-0.3, -0.25) is 4.79 Å². The van der Waals surface area contributed by atoms with Crippen LogP contribution in [0, 0.1) is 17.8 Å². The van der Waals surface area contributed by atoms with Crippen LogP contribution >= 0.6 is 0 Å². The minimum absolute atomic E-state index is 0.110. The summed E-state index contributed by atoms with van der Waals surface area (Å²) >= 11 is 0. The number of hydrogen-bond donors (Lipinski definition) is 2. The first-order valence-electron chi connectivity index (χ1n) is 7.73. The maximum absolute atomic E-state index is 11.5. The molecule has 5 unspecified atom stereocenters. The molecule has 2 bridgehead atoms. The van der Waals surface area contributed by atoms with Crippen LogP contribution in [0.15, 0.2) is 24.3 Å². The van der Waals surface area contributed by atoms with E-state index < -0.39 is 5.97 Å². The van der Waals surface area contributed by atoms with Gasteiger partial charge >= 0.3 is 5.97 Å². The molecule has 1 aromatic rings. The molecule has 2 aliphatic carbocycles. The van der Waals surface area contributed by atoms with Crippen LogP contribution in [0.5, 0.6) is 5.75 Å². The molecule has 0 amide bonds. The standard InChI is InChI=1S/C17H23NO3/c1-10(11-5-7-14(21-2)8-6-11)18-16-13-4-3-12(9-13)15(16)17(19)20/h5-8,10,12-13,15-16,18H,3-4,9H2,1-2H3,(H,19,20). The van der Waals surface area contributed by atoms with Crippen LogP contribution in [-0.4, -0.2) is 24.2 Å². The Hall–Kier alpha value is -1.55. The van der Waals surface area contributed by atoms with E-state index in [2.05, 4.69) is 12.2 Å². The lowest BCUT2D eigenvalue weighted by molar-refractivity contribution is -0.144. The molecule has 0 heterocycles. The normalized spacial score (nSPS) is 32.1. The molecule has 3 rings (SSSR count). The van der Waals surface area contributed by atoms with Crippen molar-refractivity contribution in [2.45, 2.75) is 38.3 Å². The van der Waals surface area contributed by atoms with Crippen LogP contribution < -0.4 is 10.1 Å². The van der Waals surface area contributed by atoms with E-state index in [1.807, 2.05) is 24.3 Å². The third kappa shape index (κ3) is 2.64. The Morgan fingerprint density at radius 2 is 1.95 bits per heavy atom. The SMILES string of the molecule is COc1ccc(C(C)NC2C3CCC(C3)C2C(=O)O)cc1. The third-order valence-electron chi connectivity index (χ3n) is 5.26. The third-order valence-corrected chi connectivity index (χ3v) is 5.26. The van der Waals surface area contributed by atoms with Gasteiger partial charge in [-0.1, -0.05) is 12.1 Å². The molecule has 0 aromatic heterocycles. The minimum Gasteiger partial charge on any atom is -0.497 e. The zero-order chi connectivity index (χ0) is 15.0. The smallest absolute Gasteiger partial charge is 0.308 e. The second-order valence-corrected chi connectivity index (χ2v) is 6.38.